The van der Waals surface area contributed by atoms with Crippen LogP contribution in [0.15, 0.2) is 85.1 Å². The van der Waals surface area contributed by atoms with Gasteiger partial charge in [0.25, 0.3) is 0 Å². The van der Waals surface area contributed by atoms with Crippen molar-refractivity contribution in [2.24, 2.45) is 0 Å². The summed E-state index contributed by atoms with van der Waals surface area (Å²) in [4.78, 5) is 26.5. The van der Waals surface area contributed by atoms with Gasteiger partial charge in [0.15, 0.2) is 12.4 Å². The fraction of sp³-hybridized carbons (Fsp3) is 0.758. The number of unbranched alkanes of at least 4 members (excludes halogenated alkanes) is 26. The maximum absolute atomic E-state index is 13.4. The standard InChI is InChI=1S/C66H115NO10/c1-4-7-10-13-16-19-22-24-26-28-29-30-32-33-35-38-41-44-47-50-53-59(70)65(74)67-57(58(69)52-49-46-43-40-37-21-18-15-12-9-6-3)56-75-66-64(63(73)62(72)60(55-68)76-66)77-61(71)54-51-48-45-42-39-36-34-31-27-25-23-20-17-14-11-8-5-2/h16-17,19-20,24-27,29-30,33,35,49,52,57-60,62-64,66,68-70,72-73H,4-15,18,21-23,28,31-32,34,36-48,50-51,53-56H2,1-3H3,(H,67,74)/b19-16-,20-17-,26-24-,27-25-,30-29-,35-33-,52-49+. The van der Waals surface area contributed by atoms with E-state index in [1.54, 1.807) is 6.08 Å². The first-order valence-corrected chi connectivity index (χ1v) is 31.4. The van der Waals surface area contributed by atoms with E-state index in [2.05, 4.69) is 99.0 Å². The number of hydrogen-bond donors (Lipinski definition) is 6. The molecule has 1 saturated heterocycles. The zero-order valence-corrected chi connectivity index (χ0v) is 49.1. The second-order valence-corrected chi connectivity index (χ2v) is 21.4. The molecule has 1 rings (SSSR count). The molecule has 0 aliphatic carbocycles. The van der Waals surface area contributed by atoms with Crippen molar-refractivity contribution in [1.82, 2.24) is 5.32 Å². The van der Waals surface area contributed by atoms with Crippen molar-refractivity contribution in [3.05, 3.63) is 85.1 Å². The third kappa shape index (κ3) is 41.5. The zero-order valence-electron chi connectivity index (χ0n) is 49.1. The lowest BCUT2D eigenvalue weighted by Gasteiger charge is -2.41. The van der Waals surface area contributed by atoms with E-state index >= 15 is 0 Å². The summed E-state index contributed by atoms with van der Waals surface area (Å²) < 4.78 is 17.6. The molecule has 1 amide bonds. The number of esters is 1. The van der Waals surface area contributed by atoms with Crippen LogP contribution < -0.4 is 5.32 Å². The minimum absolute atomic E-state index is 0.109. The van der Waals surface area contributed by atoms with Gasteiger partial charge in [0.2, 0.25) is 5.91 Å². The van der Waals surface area contributed by atoms with Gasteiger partial charge in [-0.05, 0) is 103 Å². The molecule has 0 bridgehead atoms. The van der Waals surface area contributed by atoms with E-state index in [0.29, 0.717) is 12.8 Å². The van der Waals surface area contributed by atoms with Crippen LogP contribution in [0.4, 0.5) is 0 Å². The minimum atomic E-state index is -1.62. The SMILES string of the molecule is CCCCC/C=C\C/C=C\C/C=C\C/C=C\CCCCCCC(O)C(=O)NC(COC1OC(CO)C(O)C(O)C1OC(=O)CCCCCCCCC/C=C\C/C=C\CCCCC)C(O)/C=C/CCCCCCCCCCC. The highest BCUT2D eigenvalue weighted by atomic mass is 16.7. The first-order chi connectivity index (χ1) is 37.7. The largest absolute Gasteiger partial charge is 0.454 e. The highest BCUT2D eigenvalue weighted by molar-refractivity contribution is 5.80. The number of carbonyl (C=O) groups excluding carboxylic acids is 2. The van der Waals surface area contributed by atoms with Gasteiger partial charge in [0.05, 0.1) is 25.4 Å². The average molecular weight is 1080 g/mol. The number of ether oxygens (including phenoxy) is 3. The molecule has 1 aliphatic rings. The lowest BCUT2D eigenvalue weighted by Crippen LogP contribution is -2.61. The molecular weight excluding hydrogens is 967 g/mol. The van der Waals surface area contributed by atoms with Crippen LogP contribution in [0.25, 0.3) is 0 Å². The second-order valence-electron chi connectivity index (χ2n) is 21.4. The smallest absolute Gasteiger partial charge is 0.306 e. The number of hydrogen-bond acceptors (Lipinski definition) is 10. The van der Waals surface area contributed by atoms with Crippen LogP contribution in [0.5, 0.6) is 0 Å². The lowest BCUT2D eigenvalue weighted by molar-refractivity contribution is -0.305. The highest BCUT2D eigenvalue weighted by Crippen LogP contribution is 2.26. The molecule has 8 atom stereocenters. The van der Waals surface area contributed by atoms with Crippen molar-refractivity contribution < 1.29 is 49.3 Å². The molecule has 0 aromatic heterocycles. The van der Waals surface area contributed by atoms with Gasteiger partial charge in [-0.25, -0.2) is 0 Å². The van der Waals surface area contributed by atoms with Crippen LogP contribution in [-0.4, -0.2) is 99.6 Å². The normalized spacial score (nSPS) is 19.6. The molecular formula is C66H115NO10. The molecule has 0 spiro atoms. The number of carbonyl (C=O) groups is 2. The minimum Gasteiger partial charge on any atom is -0.454 e. The van der Waals surface area contributed by atoms with Crippen LogP contribution in [0.3, 0.4) is 0 Å². The van der Waals surface area contributed by atoms with E-state index in [1.165, 1.54) is 103 Å². The predicted molar refractivity (Wildman–Crippen MR) is 319 cm³/mol. The van der Waals surface area contributed by atoms with Crippen LogP contribution in [-0.2, 0) is 23.8 Å². The fourth-order valence-electron chi connectivity index (χ4n) is 9.25. The van der Waals surface area contributed by atoms with E-state index in [0.717, 1.165) is 109 Å². The third-order valence-electron chi connectivity index (χ3n) is 14.3. The molecule has 1 aliphatic heterocycles. The predicted octanol–water partition coefficient (Wildman–Crippen LogP) is 14.9. The number of amides is 1. The Morgan fingerprint density at radius 3 is 1.36 bits per heavy atom. The van der Waals surface area contributed by atoms with Gasteiger partial charge in [-0.3, -0.25) is 9.59 Å². The van der Waals surface area contributed by atoms with Crippen molar-refractivity contribution in [3.63, 3.8) is 0 Å². The number of rotatable bonds is 52. The number of aliphatic hydroxyl groups excluding tert-OH is 5. The second kappa shape index (κ2) is 53.5. The molecule has 8 unspecified atom stereocenters. The van der Waals surface area contributed by atoms with Gasteiger partial charge in [-0.1, -0.05) is 234 Å². The number of allylic oxidation sites excluding steroid dienone is 13. The molecule has 1 fully saturated rings. The van der Waals surface area contributed by atoms with E-state index < -0.39 is 67.4 Å². The molecule has 77 heavy (non-hydrogen) atoms. The topological polar surface area (TPSA) is 175 Å². The van der Waals surface area contributed by atoms with Gasteiger partial charge >= 0.3 is 5.97 Å². The summed E-state index contributed by atoms with van der Waals surface area (Å²) in [5.74, 6) is -1.22. The summed E-state index contributed by atoms with van der Waals surface area (Å²) in [6.07, 6.45) is 59.0. The van der Waals surface area contributed by atoms with Crippen molar-refractivity contribution in [2.75, 3.05) is 13.2 Å². The maximum atomic E-state index is 13.4. The fourth-order valence-corrected chi connectivity index (χ4v) is 9.25. The van der Waals surface area contributed by atoms with Crippen LogP contribution in [0.2, 0.25) is 0 Å². The summed E-state index contributed by atoms with van der Waals surface area (Å²) in [7, 11) is 0. The summed E-state index contributed by atoms with van der Waals surface area (Å²) in [5.41, 5.74) is 0. The Morgan fingerprint density at radius 2 is 0.896 bits per heavy atom. The Bertz CT molecular complexity index is 1570. The van der Waals surface area contributed by atoms with E-state index in [9.17, 15) is 35.1 Å². The third-order valence-corrected chi connectivity index (χ3v) is 14.3. The summed E-state index contributed by atoms with van der Waals surface area (Å²) in [6.45, 7) is 5.71. The van der Waals surface area contributed by atoms with Crippen molar-refractivity contribution >= 4 is 11.9 Å². The molecule has 11 nitrogen and oxygen atoms in total. The molecule has 0 aromatic rings. The Labute approximate surface area is 470 Å². The van der Waals surface area contributed by atoms with Gasteiger partial charge in [-0.2, -0.15) is 0 Å². The summed E-state index contributed by atoms with van der Waals surface area (Å²) >= 11 is 0. The lowest BCUT2D eigenvalue weighted by atomic mass is 9.99. The van der Waals surface area contributed by atoms with Gasteiger partial charge in [0, 0.05) is 6.42 Å². The van der Waals surface area contributed by atoms with Crippen molar-refractivity contribution in [3.8, 4) is 0 Å². The van der Waals surface area contributed by atoms with Crippen molar-refractivity contribution in [2.45, 2.75) is 307 Å². The van der Waals surface area contributed by atoms with Gasteiger partial charge < -0.3 is 45.1 Å². The van der Waals surface area contributed by atoms with Crippen LogP contribution >= 0.6 is 0 Å². The Morgan fingerprint density at radius 1 is 0.506 bits per heavy atom. The Kier molecular flexibility index (Phi) is 49.9. The van der Waals surface area contributed by atoms with Gasteiger partial charge in [-0.15, -0.1) is 0 Å². The van der Waals surface area contributed by atoms with E-state index in [-0.39, 0.29) is 19.4 Å². The molecule has 11 heteroatoms. The Balaban J connectivity index is 2.69. The van der Waals surface area contributed by atoms with E-state index in [1.807, 2.05) is 6.08 Å². The highest BCUT2D eigenvalue weighted by Gasteiger charge is 2.47. The van der Waals surface area contributed by atoms with Crippen LogP contribution in [0.1, 0.15) is 258 Å². The quantitative estimate of drug-likeness (QED) is 0.0195. The molecule has 0 saturated carbocycles. The summed E-state index contributed by atoms with van der Waals surface area (Å²) in [5, 5.41) is 56.9. The summed E-state index contributed by atoms with van der Waals surface area (Å²) in [6, 6.07) is -1.04. The number of nitrogens with one attached hydrogen (secondary N) is 1. The van der Waals surface area contributed by atoms with E-state index in [4.69, 9.17) is 14.2 Å². The molecule has 1 heterocycles. The van der Waals surface area contributed by atoms with Crippen LogP contribution in [0, 0.1) is 0 Å². The monoisotopic (exact) mass is 1080 g/mol. The molecule has 0 radical (unpaired) electrons. The number of aliphatic hydroxyl groups is 5. The molecule has 0 aromatic carbocycles. The van der Waals surface area contributed by atoms with Gasteiger partial charge in [0.1, 0.15) is 24.4 Å². The first kappa shape index (κ1) is 71.9. The zero-order chi connectivity index (χ0) is 56.1. The Hall–Kier alpha value is -3.16. The first-order valence-electron chi connectivity index (χ1n) is 31.4. The van der Waals surface area contributed by atoms with Crippen molar-refractivity contribution in [1.29, 1.82) is 0 Å². The maximum Gasteiger partial charge on any atom is 0.306 e. The average Bonchev–Trinajstić information content (AvgIpc) is 3.43. The molecule has 6 N–H and O–H groups in total. The molecule has 444 valence electrons.